The van der Waals surface area contributed by atoms with Gasteiger partial charge in [0.1, 0.15) is 0 Å². The van der Waals surface area contributed by atoms with Crippen molar-refractivity contribution in [3.05, 3.63) is 21.9 Å². The number of aliphatic hydroxyl groups excluding tert-OH is 1. The maximum Gasteiger partial charge on any atom is 0.254 e. The molecule has 0 spiro atoms. The van der Waals surface area contributed by atoms with Crippen LogP contribution in [-0.4, -0.2) is 49.3 Å². The summed E-state index contributed by atoms with van der Waals surface area (Å²) in [7, 11) is 1.79. The van der Waals surface area contributed by atoms with Crippen LogP contribution in [0.5, 0.6) is 0 Å². The summed E-state index contributed by atoms with van der Waals surface area (Å²) in [5.41, 5.74) is 0.665. The number of likely N-dealkylation sites (N-methyl/N-ethyl adjacent to an activating group) is 1. The van der Waals surface area contributed by atoms with Crippen molar-refractivity contribution < 1.29 is 14.6 Å². The minimum absolute atomic E-state index is 0.00326. The fourth-order valence-corrected chi connectivity index (χ4v) is 2.53. The van der Waals surface area contributed by atoms with Gasteiger partial charge >= 0.3 is 0 Å². The van der Waals surface area contributed by atoms with Crippen LogP contribution in [0.2, 0.25) is 0 Å². The maximum absolute atomic E-state index is 12.2. The lowest BCUT2D eigenvalue weighted by atomic mass is 10.2. The minimum Gasteiger partial charge on any atom is -0.395 e. The first-order chi connectivity index (χ1) is 10.2. The lowest BCUT2D eigenvalue weighted by Gasteiger charge is -2.16. The Labute approximate surface area is 129 Å². The Morgan fingerprint density at radius 1 is 1.57 bits per heavy atom. The molecule has 1 heterocycles. The lowest BCUT2D eigenvalue weighted by Crippen LogP contribution is -2.30. The first-order valence-corrected chi connectivity index (χ1v) is 8.10. The van der Waals surface area contributed by atoms with Crippen LogP contribution >= 0.6 is 11.3 Å². The van der Waals surface area contributed by atoms with Crippen LogP contribution in [0, 0.1) is 17.8 Å². The molecule has 4 nitrogen and oxygen atoms in total. The molecule has 0 radical (unpaired) electrons. The minimum atomic E-state index is -0.00326. The number of carbonyl (C=O) groups is 1. The Bertz CT molecular complexity index is 525. The second kappa shape index (κ2) is 8.18. The third-order valence-corrected chi connectivity index (χ3v) is 4.11. The zero-order valence-corrected chi connectivity index (χ0v) is 13.1. The van der Waals surface area contributed by atoms with Crippen molar-refractivity contribution in [1.82, 2.24) is 4.90 Å². The average Bonchev–Trinajstić information content (AvgIpc) is 3.19. The SMILES string of the molecule is CN(CCOCC1CC1)C(=O)c1csc(C#CCCO)c1. The third kappa shape index (κ3) is 5.50. The normalized spacial score (nSPS) is 13.6. The number of aliphatic hydroxyl groups is 1. The standard InChI is InChI=1S/C16H21NO3S/c1-17(7-9-20-11-13-5-6-13)16(19)14-10-15(21-12-14)4-2-3-8-18/h10,12-13,18H,3,5-9,11H2,1H3. The molecule has 0 aromatic carbocycles. The molecule has 5 heteroatoms. The lowest BCUT2D eigenvalue weighted by molar-refractivity contribution is 0.0681. The van der Waals surface area contributed by atoms with Gasteiger partial charge in [0.05, 0.1) is 23.7 Å². The van der Waals surface area contributed by atoms with Gasteiger partial charge in [-0.15, -0.1) is 11.3 Å². The molecule has 0 unspecified atom stereocenters. The molecule has 2 rings (SSSR count). The molecular weight excluding hydrogens is 286 g/mol. The van der Waals surface area contributed by atoms with Crippen molar-refractivity contribution in [2.24, 2.45) is 5.92 Å². The molecular formula is C16H21NO3S. The zero-order valence-electron chi connectivity index (χ0n) is 12.3. The highest BCUT2D eigenvalue weighted by atomic mass is 32.1. The van der Waals surface area contributed by atoms with E-state index in [2.05, 4.69) is 11.8 Å². The number of ether oxygens (including phenoxy) is 1. The quantitative estimate of drug-likeness (QED) is 0.619. The summed E-state index contributed by atoms with van der Waals surface area (Å²) in [6.45, 7) is 2.08. The highest BCUT2D eigenvalue weighted by Crippen LogP contribution is 2.28. The van der Waals surface area contributed by atoms with Gasteiger partial charge in [-0.2, -0.15) is 0 Å². The van der Waals surface area contributed by atoms with Crippen LogP contribution < -0.4 is 0 Å². The molecule has 0 saturated heterocycles. The molecule has 1 amide bonds. The van der Waals surface area contributed by atoms with Crippen LogP contribution in [0.1, 0.15) is 34.5 Å². The largest absolute Gasteiger partial charge is 0.395 e. The molecule has 1 fully saturated rings. The van der Waals surface area contributed by atoms with E-state index in [1.54, 1.807) is 18.0 Å². The van der Waals surface area contributed by atoms with Crippen molar-refractivity contribution in [3.8, 4) is 11.8 Å². The summed E-state index contributed by atoms with van der Waals surface area (Å²) in [5, 5.41) is 10.5. The van der Waals surface area contributed by atoms with Gasteiger partial charge in [0.2, 0.25) is 0 Å². The van der Waals surface area contributed by atoms with Gasteiger partial charge in [0.25, 0.3) is 5.91 Å². The van der Waals surface area contributed by atoms with E-state index in [-0.39, 0.29) is 12.5 Å². The summed E-state index contributed by atoms with van der Waals surface area (Å²) in [6, 6.07) is 1.80. The van der Waals surface area contributed by atoms with E-state index in [1.807, 2.05) is 5.38 Å². The van der Waals surface area contributed by atoms with Crippen molar-refractivity contribution in [1.29, 1.82) is 0 Å². The number of rotatable bonds is 7. The highest BCUT2D eigenvalue weighted by molar-refractivity contribution is 7.10. The third-order valence-electron chi connectivity index (χ3n) is 3.26. The van der Waals surface area contributed by atoms with Crippen molar-refractivity contribution in [2.75, 3.05) is 33.4 Å². The van der Waals surface area contributed by atoms with Gasteiger partial charge in [-0.05, 0) is 24.8 Å². The fourth-order valence-electron chi connectivity index (χ4n) is 1.78. The van der Waals surface area contributed by atoms with E-state index in [0.29, 0.717) is 25.1 Å². The van der Waals surface area contributed by atoms with E-state index in [0.717, 1.165) is 17.4 Å². The van der Waals surface area contributed by atoms with Gasteiger partial charge in [0.15, 0.2) is 0 Å². The van der Waals surface area contributed by atoms with Crippen LogP contribution in [0.4, 0.5) is 0 Å². The molecule has 0 atom stereocenters. The molecule has 1 N–H and O–H groups in total. The molecule has 0 bridgehead atoms. The van der Waals surface area contributed by atoms with Gasteiger partial charge in [-0.25, -0.2) is 0 Å². The summed E-state index contributed by atoms with van der Waals surface area (Å²) in [6.07, 6.45) is 3.02. The number of hydrogen-bond acceptors (Lipinski definition) is 4. The van der Waals surface area contributed by atoms with E-state index in [9.17, 15) is 4.79 Å². The van der Waals surface area contributed by atoms with Gasteiger partial charge in [-0.3, -0.25) is 4.79 Å². The number of hydrogen-bond donors (Lipinski definition) is 1. The maximum atomic E-state index is 12.2. The van der Waals surface area contributed by atoms with Gasteiger partial charge in [-0.1, -0.05) is 11.8 Å². The van der Waals surface area contributed by atoms with Gasteiger partial charge in [0, 0.05) is 32.0 Å². The predicted octanol–water partition coefficient (Wildman–Crippen LogP) is 1.98. The molecule has 114 valence electrons. The molecule has 0 aliphatic heterocycles. The molecule has 1 aromatic rings. The van der Waals surface area contributed by atoms with E-state index in [1.165, 1.54) is 24.2 Å². The average molecular weight is 307 g/mol. The number of nitrogens with zero attached hydrogens (tertiary/aromatic N) is 1. The van der Waals surface area contributed by atoms with Gasteiger partial charge < -0.3 is 14.7 Å². The molecule has 1 aliphatic carbocycles. The monoisotopic (exact) mass is 307 g/mol. The van der Waals surface area contributed by atoms with Crippen molar-refractivity contribution in [3.63, 3.8) is 0 Å². The second-order valence-corrected chi connectivity index (χ2v) is 6.13. The Hall–Kier alpha value is -1.35. The van der Waals surface area contributed by atoms with Crippen LogP contribution in [-0.2, 0) is 4.74 Å². The Balaban J connectivity index is 1.76. The first-order valence-electron chi connectivity index (χ1n) is 7.22. The Kier molecular flexibility index (Phi) is 6.24. The van der Waals surface area contributed by atoms with E-state index >= 15 is 0 Å². The van der Waals surface area contributed by atoms with Crippen molar-refractivity contribution in [2.45, 2.75) is 19.3 Å². The van der Waals surface area contributed by atoms with Crippen LogP contribution in [0.3, 0.4) is 0 Å². The fraction of sp³-hybridized carbons (Fsp3) is 0.562. The van der Waals surface area contributed by atoms with Crippen molar-refractivity contribution >= 4 is 17.2 Å². The Morgan fingerprint density at radius 2 is 2.38 bits per heavy atom. The molecule has 1 aliphatic rings. The van der Waals surface area contributed by atoms with Crippen LogP contribution in [0.15, 0.2) is 11.4 Å². The van der Waals surface area contributed by atoms with Crippen LogP contribution in [0.25, 0.3) is 0 Å². The smallest absolute Gasteiger partial charge is 0.254 e. The number of thiophene rings is 1. The van der Waals surface area contributed by atoms with E-state index in [4.69, 9.17) is 9.84 Å². The summed E-state index contributed by atoms with van der Waals surface area (Å²) in [4.78, 5) is 14.7. The molecule has 1 aromatic heterocycles. The predicted molar refractivity (Wildman–Crippen MR) is 83.4 cm³/mol. The molecule has 21 heavy (non-hydrogen) atoms. The summed E-state index contributed by atoms with van der Waals surface area (Å²) >= 11 is 1.45. The zero-order chi connectivity index (χ0) is 15.1. The highest BCUT2D eigenvalue weighted by Gasteiger charge is 2.21. The first kappa shape index (κ1) is 16.0. The summed E-state index contributed by atoms with van der Waals surface area (Å²) in [5.74, 6) is 6.55. The second-order valence-electron chi connectivity index (χ2n) is 5.22. The van der Waals surface area contributed by atoms with E-state index < -0.39 is 0 Å². The topological polar surface area (TPSA) is 49.8 Å². The number of amides is 1. The number of carbonyl (C=O) groups excluding carboxylic acids is 1. The summed E-state index contributed by atoms with van der Waals surface area (Å²) < 4.78 is 5.55. The molecule has 1 saturated carbocycles. The Morgan fingerprint density at radius 3 is 3.10 bits per heavy atom.